The van der Waals surface area contributed by atoms with Gasteiger partial charge in [0.25, 0.3) is 5.91 Å². The molecule has 0 aliphatic carbocycles. The predicted molar refractivity (Wildman–Crippen MR) is 130 cm³/mol. The van der Waals surface area contributed by atoms with E-state index in [2.05, 4.69) is 30.3 Å². The Balaban J connectivity index is 0.000000349. The highest BCUT2D eigenvalue weighted by molar-refractivity contribution is 7.07. The molecule has 19 heteroatoms. The Morgan fingerprint density at radius 2 is 1.63 bits per heavy atom. The van der Waals surface area contributed by atoms with Crippen LogP contribution in [0.5, 0.6) is 0 Å². The predicted octanol–water partition coefficient (Wildman–Crippen LogP) is 3.25. The fourth-order valence-electron chi connectivity index (χ4n) is 3.58. The second-order valence-electron chi connectivity index (χ2n) is 8.73. The molecule has 2 aliphatic heterocycles. The first-order valence-electron chi connectivity index (χ1n) is 11.5. The molecule has 2 aliphatic rings. The number of aromatic nitrogens is 3. The van der Waals surface area contributed by atoms with E-state index in [1.807, 2.05) is 25.3 Å². The summed E-state index contributed by atoms with van der Waals surface area (Å²) < 4.78 is 63.5. The number of nitrogens with zero attached hydrogens (tertiary/aromatic N) is 5. The van der Waals surface area contributed by atoms with Gasteiger partial charge in [-0.05, 0) is 32.8 Å². The number of thiazole rings is 1. The lowest BCUT2D eigenvalue weighted by Crippen LogP contribution is -2.49. The van der Waals surface area contributed by atoms with Crippen LogP contribution in [-0.4, -0.2) is 79.8 Å². The number of aliphatic carboxylic acids is 2. The molecule has 1 fully saturated rings. The van der Waals surface area contributed by atoms with Crippen LogP contribution in [-0.2, 0) is 25.8 Å². The third-order valence-corrected chi connectivity index (χ3v) is 5.93. The molecule has 1 spiro atoms. The number of nitrogens with one attached hydrogen (secondary N) is 1. The number of carboxylic acids is 2. The highest BCUT2D eigenvalue weighted by atomic mass is 32.1. The number of hydrogen-bond acceptors (Lipinski definition) is 10. The largest absolute Gasteiger partial charge is 0.490 e. The van der Waals surface area contributed by atoms with Gasteiger partial charge >= 0.3 is 24.3 Å². The van der Waals surface area contributed by atoms with Crippen molar-refractivity contribution >= 4 is 40.8 Å². The van der Waals surface area contributed by atoms with Crippen LogP contribution in [0.1, 0.15) is 36.3 Å². The van der Waals surface area contributed by atoms with Crippen LogP contribution in [0, 0.1) is 13.8 Å². The first-order valence-corrected chi connectivity index (χ1v) is 12.4. The average molecular weight is 615 g/mol. The topological polar surface area (TPSA) is 167 Å². The smallest absolute Gasteiger partial charge is 0.475 e. The van der Waals surface area contributed by atoms with Gasteiger partial charge in [-0.15, -0.1) is 11.3 Å². The Labute approximate surface area is 232 Å². The van der Waals surface area contributed by atoms with E-state index in [1.54, 1.807) is 5.51 Å². The fourth-order valence-corrected chi connectivity index (χ4v) is 4.14. The molecular formula is C22H24F6N6O6S. The zero-order chi connectivity index (χ0) is 31.0. The molecule has 12 nitrogen and oxygen atoms in total. The van der Waals surface area contributed by atoms with Crippen LogP contribution in [0.2, 0.25) is 0 Å². The van der Waals surface area contributed by atoms with E-state index in [-0.39, 0.29) is 5.91 Å². The summed E-state index contributed by atoms with van der Waals surface area (Å²) in [5, 5.41) is 23.1. The number of amides is 1. The van der Waals surface area contributed by atoms with Crippen molar-refractivity contribution in [2.75, 3.05) is 18.0 Å². The molecule has 3 N–H and O–H groups in total. The van der Waals surface area contributed by atoms with Crippen molar-refractivity contribution in [3.63, 3.8) is 0 Å². The summed E-state index contributed by atoms with van der Waals surface area (Å²) in [4.78, 5) is 51.4. The Kier molecular flexibility index (Phi) is 11.0. The van der Waals surface area contributed by atoms with Gasteiger partial charge in [-0.1, -0.05) is 5.16 Å². The monoisotopic (exact) mass is 614 g/mol. The summed E-state index contributed by atoms with van der Waals surface area (Å²) in [6.45, 7) is 5.84. The molecule has 226 valence electrons. The summed E-state index contributed by atoms with van der Waals surface area (Å²) in [6.07, 6.45) is -7.86. The van der Waals surface area contributed by atoms with E-state index in [4.69, 9.17) is 24.6 Å². The minimum Gasteiger partial charge on any atom is -0.475 e. The third-order valence-electron chi connectivity index (χ3n) is 5.29. The molecule has 1 saturated heterocycles. The summed E-state index contributed by atoms with van der Waals surface area (Å²) in [6, 6.07) is 1.96. The highest BCUT2D eigenvalue weighted by Crippen LogP contribution is 2.34. The van der Waals surface area contributed by atoms with Gasteiger partial charge in [0.15, 0.2) is 5.60 Å². The summed E-state index contributed by atoms with van der Waals surface area (Å²) in [5.41, 5.74) is 4.45. The van der Waals surface area contributed by atoms with Crippen LogP contribution in [0.25, 0.3) is 0 Å². The molecule has 4 rings (SSSR count). The Morgan fingerprint density at radius 3 is 2.12 bits per heavy atom. The molecule has 4 heterocycles. The van der Waals surface area contributed by atoms with E-state index in [0.29, 0.717) is 25.2 Å². The molecule has 1 atom stereocenters. The van der Waals surface area contributed by atoms with Crippen molar-refractivity contribution in [2.45, 2.75) is 57.6 Å². The van der Waals surface area contributed by atoms with E-state index in [9.17, 15) is 31.1 Å². The lowest BCUT2D eigenvalue weighted by atomic mass is 9.88. The standard InChI is InChI=1S/C18H22N6O2S.2C2HF3O2/c1-12-6-13(2)22-17(21-12)24-5-3-4-18(10-24)7-15(23-26-18)16(25)19-8-14-9-27-11-20-14;2*3-2(4,5)1(6)7/h6,9,11H,3-5,7-8,10H2,1-2H3,(H,19,25);2*(H,6,7). The number of alkyl halides is 6. The zero-order valence-corrected chi connectivity index (χ0v) is 22.2. The lowest BCUT2D eigenvalue weighted by molar-refractivity contribution is -0.193. The first-order chi connectivity index (χ1) is 18.9. The van der Waals surface area contributed by atoms with Gasteiger partial charge in [0.1, 0.15) is 5.71 Å². The Bertz CT molecular complexity index is 1210. The van der Waals surface area contributed by atoms with Crippen molar-refractivity contribution in [1.29, 1.82) is 0 Å². The maximum absolute atomic E-state index is 12.4. The normalized spacial score (nSPS) is 18.2. The van der Waals surface area contributed by atoms with Gasteiger partial charge in [0.2, 0.25) is 5.95 Å². The molecule has 0 bridgehead atoms. The molecule has 2 aromatic rings. The van der Waals surface area contributed by atoms with Crippen molar-refractivity contribution in [3.8, 4) is 0 Å². The minimum absolute atomic E-state index is 0.195. The molecule has 0 saturated carbocycles. The number of hydrogen-bond donors (Lipinski definition) is 3. The SMILES string of the molecule is Cc1cc(C)nc(N2CCCC3(CC(C(=O)NCc4cscn4)=NO3)C2)n1.O=C(O)C(F)(F)F.O=C(O)C(F)(F)F. The van der Waals surface area contributed by atoms with Gasteiger partial charge in [-0.3, -0.25) is 4.79 Å². The molecule has 1 amide bonds. The van der Waals surface area contributed by atoms with Crippen molar-refractivity contribution in [3.05, 3.63) is 34.0 Å². The van der Waals surface area contributed by atoms with Crippen molar-refractivity contribution in [1.82, 2.24) is 20.3 Å². The number of piperidine rings is 1. The van der Waals surface area contributed by atoms with Gasteiger partial charge in [0.05, 0.1) is 24.3 Å². The van der Waals surface area contributed by atoms with Crippen LogP contribution >= 0.6 is 11.3 Å². The van der Waals surface area contributed by atoms with Crippen molar-refractivity contribution in [2.24, 2.45) is 5.16 Å². The second-order valence-corrected chi connectivity index (χ2v) is 9.45. The Morgan fingerprint density at radius 1 is 1.07 bits per heavy atom. The summed E-state index contributed by atoms with van der Waals surface area (Å²) in [5.74, 6) is -4.99. The fraction of sp³-hybridized carbons (Fsp3) is 0.500. The highest BCUT2D eigenvalue weighted by Gasteiger charge is 2.45. The summed E-state index contributed by atoms with van der Waals surface area (Å²) >= 11 is 1.51. The van der Waals surface area contributed by atoms with E-state index in [0.717, 1.165) is 42.4 Å². The molecule has 0 radical (unpaired) electrons. The number of carboxylic acid groups (broad SMARTS) is 2. The molecule has 41 heavy (non-hydrogen) atoms. The maximum Gasteiger partial charge on any atom is 0.490 e. The van der Waals surface area contributed by atoms with Crippen LogP contribution in [0.15, 0.2) is 22.1 Å². The second kappa shape index (κ2) is 13.6. The molecule has 2 aromatic heterocycles. The number of carbonyl (C=O) groups is 3. The number of carbonyl (C=O) groups excluding carboxylic acids is 1. The quantitative estimate of drug-likeness (QED) is 0.435. The van der Waals surface area contributed by atoms with E-state index >= 15 is 0 Å². The Hall–Kier alpha value is -4.03. The lowest BCUT2D eigenvalue weighted by Gasteiger charge is -2.38. The summed E-state index contributed by atoms with van der Waals surface area (Å²) in [7, 11) is 0. The molecular weight excluding hydrogens is 590 g/mol. The number of anilines is 1. The van der Waals surface area contributed by atoms with Gasteiger partial charge in [-0.25, -0.2) is 24.5 Å². The van der Waals surface area contributed by atoms with Gasteiger partial charge in [0, 0.05) is 29.7 Å². The van der Waals surface area contributed by atoms with Crippen molar-refractivity contribution < 1.29 is 55.8 Å². The van der Waals surface area contributed by atoms with Gasteiger partial charge < -0.3 is 25.3 Å². The third kappa shape index (κ3) is 10.5. The minimum atomic E-state index is -5.08. The van der Waals surface area contributed by atoms with E-state index < -0.39 is 29.9 Å². The van der Waals surface area contributed by atoms with Crippen LogP contribution in [0.4, 0.5) is 32.3 Å². The van der Waals surface area contributed by atoms with Crippen LogP contribution in [0.3, 0.4) is 0 Å². The number of halogens is 6. The molecule has 1 unspecified atom stereocenters. The van der Waals surface area contributed by atoms with Crippen LogP contribution < -0.4 is 10.2 Å². The maximum atomic E-state index is 12.4. The van der Waals surface area contributed by atoms with Gasteiger partial charge in [-0.2, -0.15) is 26.3 Å². The first kappa shape index (κ1) is 33.2. The zero-order valence-electron chi connectivity index (χ0n) is 21.4. The average Bonchev–Trinajstić information content (AvgIpc) is 3.52. The number of aryl methyl sites for hydroxylation is 2. The number of oxime groups is 1. The number of rotatable bonds is 4. The van der Waals surface area contributed by atoms with E-state index in [1.165, 1.54) is 11.3 Å². The molecule has 0 aromatic carbocycles.